The molecule has 0 unspecified atom stereocenters. The Bertz CT molecular complexity index is 1730. The van der Waals surface area contributed by atoms with Crippen molar-refractivity contribution in [1.82, 2.24) is 0 Å². The second-order valence-electron chi connectivity index (χ2n) is 11.1. The number of hydrogen-bond acceptors (Lipinski definition) is 5. The van der Waals surface area contributed by atoms with Gasteiger partial charge in [0.2, 0.25) is 0 Å². The summed E-state index contributed by atoms with van der Waals surface area (Å²) < 4.78 is 24.9. The summed E-state index contributed by atoms with van der Waals surface area (Å²) in [7, 11) is 1.71. The highest BCUT2D eigenvalue weighted by atomic mass is 16.5. The smallest absolute Gasteiger partial charge is 0.177 e. The molecular formula is C30H28O5. The fraction of sp³-hybridized carbons (Fsp3) is 0.333. The highest BCUT2D eigenvalue weighted by Gasteiger charge is 2.46. The van der Waals surface area contributed by atoms with Gasteiger partial charge in [-0.1, -0.05) is 33.8 Å². The first-order valence-electron chi connectivity index (χ1n) is 12.1. The number of benzene rings is 2. The number of rotatable bonds is 2. The maximum atomic E-state index is 10.6. The van der Waals surface area contributed by atoms with Gasteiger partial charge < -0.3 is 23.1 Å². The molecule has 7 rings (SSSR count). The van der Waals surface area contributed by atoms with Gasteiger partial charge in [-0.05, 0) is 42.7 Å². The largest absolute Gasteiger partial charge is 0.496 e. The average molecular weight is 469 g/mol. The first-order chi connectivity index (χ1) is 16.6. The Labute approximate surface area is 203 Å². The number of fused-ring (bicyclic) bond motifs is 11. The monoisotopic (exact) mass is 468 g/mol. The van der Waals surface area contributed by atoms with Crippen LogP contribution in [0.2, 0.25) is 0 Å². The molecule has 2 aliphatic carbocycles. The van der Waals surface area contributed by atoms with E-state index in [0.717, 1.165) is 89.7 Å². The van der Waals surface area contributed by atoms with Crippen molar-refractivity contribution in [1.29, 1.82) is 0 Å². The summed E-state index contributed by atoms with van der Waals surface area (Å²) in [5.74, 6) is 4.18. The average Bonchev–Trinajstić information content (AvgIpc) is 3.54. The zero-order chi connectivity index (χ0) is 24.6. The fourth-order valence-electron chi connectivity index (χ4n) is 6.62. The minimum absolute atomic E-state index is 0.0917. The van der Waals surface area contributed by atoms with Crippen molar-refractivity contribution in [2.75, 3.05) is 7.11 Å². The minimum Gasteiger partial charge on any atom is -0.496 e. The molecule has 1 N–H and O–H groups in total. The number of methoxy groups -OCH3 is 1. The minimum atomic E-state index is -0.362. The van der Waals surface area contributed by atoms with Crippen LogP contribution in [0.3, 0.4) is 0 Å². The van der Waals surface area contributed by atoms with Gasteiger partial charge in [-0.25, -0.2) is 0 Å². The molecule has 0 saturated heterocycles. The summed E-state index contributed by atoms with van der Waals surface area (Å²) in [6.45, 7) is 12.6. The van der Waals surface area contributed by atoms with Gasteiger partial charge >= 0.3 is 0 Å². The molecule has 5 nitrogen and oxygen atoms in total. The van der Waals surface area contributed by atoms with Crippen LogP contribution in [0.25, 0.3) is 44.6 Å². The van der Waals surface area contributed by atoms with Crippen LogP contribution in [0.5, 0.6) is 5.75 Å². The van der Waals surface area contributed by atoms with Gasteiger partial charge in [0.25, 0.3) is 0 Å². The number of ether oxygens (including phenoxy) is 1. The molecule has 0 aliphatic heterocycles. The van der Waals surface area contributed by atoms with Crippen LogP contribution < -0.4 is 4.74 Å². The lowest BCUT2D eigenvalue weighted by molar-refractivity contribution is 0.283. The van der Waals surface area contributed by atoms with Gasteiger partial charge in [-0.2, -0.15) is 0 Å². The van der Waals surface area contributed by atoms with E-state index >= 15 is 0 Å². The number of aliphatic hydroxyl groups excluding tert-OH is 1. The quantitative estimate of drug-likeness (QED) is 0.290. The normalized spacial score (nSPS) is 16.6. The van der Waals surface area contributed by atoms with Gasteiger partial charge in [-0.3, -0.25) is 0 Å². The summed E-state index contributed by atoms with van der Waals surface area (Å²) >= 11 is 0. The summed E-state index contributed by atoms with van der Waals surface area (Å²) in [4.78, 5) is 0. The van der Waals surface area contributed by atoms with Crippen LogP contribution in [0.15, 0.2) is 37.5 Å². The lowest BCUT2D eigenvalue weighted by atomic mass is 9.79. The molecule has 0 radical (unpaired) electrons. The third-order valence-corrected chi connectivity index (χ3v) is 8.28. The SMILES string of the molecule is COc1cc2c(c3c(CO)cc4c(c13)-c1oc(C)cc1C4(C)C)-c1oc3cc(C)oc3c1C2(C)C. The third-order valence-electron chi connectivity index (χ3n) is 8.28. The third kappa shape index (κ3) is 2.28. The molecule has 5 aromatic rings. The Balaban J connectivity index is 1.71. The second-order valence-corrected chi connectivity index (χ2v) is 11.1. The Kier molecular flexibility index (Phi) is 3.71. The molecule has 5 heteroatoms. The van der Waals surface area contributed by atoms with Gasteiger partial charge in [-0.15, -0.1) is 0 Å². The van der Waals surface area contributed by atoms with Crippen molar-refractivity contribution in [3.63, 3.8) is 0 Å². The topological polar surface area (TPSA) is 68.9 Å². The van der Waals surface area contributed by atoms with Gasteiger partial charge in [0.1, 0.15) is 28.8 Å². The van der Waals surface area contributed by atoms with Gasteiger partial charge in [0.05, 0.1) is 19.3 Å². The summed E-state index contributed by atoms with van der Waals surface area (Å²) in [5, 5.41) is 12.6. The van der Waals surface area contributed by atoms with Crippen LogP contribution in [-0.2, 0) is 17.4 Å². The molecule has 0 spiro atoms. The van der Waals surface area contributed by atoms with E-state index in [2.05, 4.69) is 45.9 Å². The summed E-state index contributed by atoms with van der Waals surface area (Å²) in [6.07, 6.45) is 0. The number of aliphatic hydroxyl groups is 1. The zero-order valence-corrected chi connectivity index (χ0v) is 21.1. The number of aryl methyl sites for hydroxylation is 2. The van der Waals surface area contributed by atoms with Crippen LogP contribution in [0.1, 0.15) is 67.0 Å². The van der Waals surface area contributed by atoms with Crippen LogP contribution in [-0.4, -0.2) is 12.2 Å². The summed E-state index contributed by atoms with van der Waals surface area (Å²) in [6, 6.07) is 8.35. The van der Waals surface area contributed by atoms with Crippen LogP contribution >= 0.6 is 0 Å². The van der Waals surface area contributed by atoms with E-state index in [-0.39, 0.29) is 17.4 Å². The van der Waals surface area contributed by atoms with Crippen molar-refractivity contribution in [2.45, 2.75) is 59.0 Å². The van der Waals surface area contributed by atoms with Crippen molar-refractivity contribution in [3.8, 4) is 28.4 Å². The van der Waals surface area contributed by atoms with Gasteiger partial charge in [0, 0.05) is 44.4 Å². The highest BCUT2D eigenvalue weighted by Crippen LogP contribution is 2.61. The zero-order valence-electron chi connectivity index (χ0n) is 21.1. The van der Waals surface area contributed by atoms with E-state index in [9.17, 15) is 5.11 Å². The Morgan fingerprint density at radius 1 is 0.771 bits per heavy atom. The Morgan fingerprint density at radius 2 is 1.46 bits per heavy atom. The predicted molar refractivity (Wildman–Crippen MR) is 135 cm³/mol. The van der Waals surface area contributed by atoms with E-state index in [1.807, 2.05) is 19.9 Å². The molecule has 0 fully saturated rings. The maximum absolute atomic E-state index is 10.6. The fourth-order valence-corrected chi connectivity index (χ4v) is 6.62. The van der Waals surface area contributed by atoms with Crippen molar-refractivity contribution in [2.24, 2.45) is 0 Å². The molecule has 0 saturated carbocycles. The van der Waals surface area contributed by atoms with Crippen LogP contribution in [0.4, 0.5) is 0 Å². The predicted octanol–water partition coefficient (Wildman–Crippen LogP) is 7.50. The van der Waals surface area contributed by atoms with E-state index in [1.165, 1.54) is 0 Å². The molecular weight excluding hydrogens is 440 g/mol. The van der Waals surface area contributed by atoms with Gasteiger partial charge in [0.15, 0.2) is 11.2 Å². The first-order valence-corrected chi connectivity index (χ1v) is 12.1. The van der Waals surface area contributed by atoms with Crippen LogP contribution in [0, 0.1) is 13.8 Å². The van der Waals surface area contributed by atoms with E-state index in [1.54, 1.807) is 7.11 Å². The summed E-state index contributed by atoms with van der Waals surface area (Å²) in [5.41, 5.74) is 8.30. The molecule has 0 bridgehead atoms. The molecule has 0 amide bonds. The molecule has 3 aromatic heterocycles. The molecule has 2 aliphatic rings. The number of furan rings is 3. The number of hydrogen-bond donors (Lipinski definition) is 1. The van der Waals surface area contributed by atoms with Crippen molar-refractivity contribution < 1.29 is 23.1 Å². The van der Waals surface area contributed by atoms with Crippen molar-refractivity contribution in [3.05, 3.63) is 63.6 Å². The second kappa shape index (κ2) is 6.21. The van der Waals surface area contributed by atoms with E-state index in [4.69, 9.17) is 18.0 Å². The maximum Gasteiger partial charge on any atom is 0.177 e. The molecule has 3 heterocycles. The molecule has 0 atom stereocenters. The Hall–Kier alpha value is -3.44. The standard InChI is InChI=1S/C30H28O5/c1-13-8-18-26(33-13)23-16(29(18,3)4)10-15(12-31)21-22-17(11-19(32-7)24(21)23)30(5,6)25-27-20(35-28(22)25)9-14(2)34-27/h8-11,31H,12H2,1-7H3. The van der Waals surface area contributed by atoms with Crippen molar-refractivity contribution >= 4 is 21.9 Å². The first kappa shape index (κ1) is 20.9. The van der Waals surface area contributed by atoms with E-state index in [0.29, 0.717) is 0 Å². The van der Waals surface area contributed by atoms with E-state index < -0.39 is 0 Å². The lowest BCUT2D eigenvalue weighted by Crippen LogP contribution is -2.16. The molecule has 35 heavy (non-hydrogen) atoms. The highest BCUT2D eigenvalue weighted by molar-refractivity contribution is 6.14. The lowest BCUT2D eigenvalue weighted by Gasteiger charge is -2.25. The molecule has 178 valence electrons. The molecule has 2 aromatic carbocycles. The Morgan fingerprint density at radius 3 is 2.17 bits per heavy atom.